The Balaban J connectivity index is 1.92. The van der Waals surface area contributed by atoms with E-state index in [9.17, 15) is 14.7 Å². The lowest BCUT2D eigenvalue weighted by molar-refractivity contribution is -0.146. The highest BCUT2D eigenvalue weighted by Crippen LogP contribution is 2.33. The van der Waals surface area contributed by atoms with Gasteiger partial charge in [0.1, 0.15) is 11.8 Å². The van der Waals surface area contributed by atoms with Gasteiger partial charge in [0.2, 0.25) is 0 Å². The van der Waals surface area contributed by atoms with Crippen molar-refractivity contribution in [3.05, 3.63) is 30.0 Å². The molecule has 0 spiro atoms. The van der Waals surface area contributed by atoms with Gasteiger partial charge in [-0.05, 0) is 31.0 Å². The van der Waals surface area contributed by atoms with Crippen molar-refractivity contribution < 1.29 is 24.5 Å². The van der Waals surface area contributed by atoms with Crippen LogP contribution >= 0.6 is 0 Å². The number of nitrogens with one attached hydrogen (secondary N) is 1. The fraction of sp³-hybridized carbons (Fsp3) is 0.412. The normalized spacial score (nSPS) is 17.7. The van der Waals surface area contributed by atoms with Crippen LogP contribution in [0.4, 0.5) is 0 Å². The number of aromatic nitrogens is 1. The number of aromatic amines is 1. The number of carbonyl (C=O) groups is 2. The molecule has 3 rings (SSSR count). The molecule has 1 aromatic heterocycles. The molecule has 3 N–H and O–H groups in total. The molecule has 0 aliphatic carbocycles. The minimum atomic E-state index is -0.938. The van der Waals surface area contributed by atoms with E-state index < -0.39 is 23.9 Å². The highest BCUT2D eigenvalue weighted by atomic mass is 16.5. The van der Waals surface area contributed by atoms with Crippen LogP contribution in [-0.4, -0.2) is 52.2 Å². The third-order valence-electron chi connectivity index (χ3n) is 4.69. The van der Waals surface area contributed by atoms with Gasteiger partial charge < -0.3 is 19.9 Å². The van der Waals surface area contributed by atoms with Gasteiger partial charge in [0.05, 0.1) is 13.0 Å². The fourth-order valence-corrected chi connectivity index (χ4v) is 3.37. The summed E-state index contributed by atoms with van der Waals surface area (Å²) in [6.07, 6.45) is 2.64. The van der Waals surface area contributed by atoms with Gasteiger partial charge in [0.15, 0.2) is 0 Å². The molecular weight excluding hydrogens is 312 g/mol. The van der Waals surface area contributed by atoms with Crippen LogP contribution < -0.4 is 4.74 Å². The summed E-state index contributed by atoms with van der Waals surface area (Å²) in [7, 11) is 1.57. The van der Waals surface area contributed by atoms with Crippen LogP contribution in [0.2, 0.25) is 0 Å². The Hall–Kier alpha value is -2.54. The molecule has 1 aromatic carbocycles. The Morgan fingerprint density at radius 3 is 2.58 bits per heavy atom. The summed E-state index contributed by atoms with van der Waals surface area (Å²) in [4.78, 5) is 27.9. The Labute approximate surface area is 138 Å². The van der Waals surface area contributed by atoms with Crippen molar-refractivity contribution in [2.45, 2.75) is 18.9 Å². The number of aliphatic carboxylic acids is 2. The number of hydrogen-bond donors (Lipinski definition) is 3. The first-order chi connectivity index (χ1) is 11.5. The third kappa shape index (κ3) is 2.94. The number of H-pyrrole nitrogens is 1. The largest absolute Gasteiger partial charge is 0.497 e. The molecule has 1 aliphatic heterocycles. The number of carboxylic acids is 2. The first kappa shape index (κ1) is 16.3. The van der Waals surface area contributed by atoms with Crippen LogP contribution in [0.3, 0.4) is 0 Å². The molecular formula is C17H20N2O5. The zero-order valence-corrected chi connectivity index (χ0v) is 13.4. The number of likely N-dealkylation sites (tertiary alicyclic amines) is 1. The zero-order valence-electron chi connectivity index (χ0n) is 13.4. The van der Waals surface area contributed by atoms with Gasteiger partial charge >= 0.3 is 11.9 Å². The maximum absolute atomic E-state index is 11.9. The summed E-state index contributed by atoms with van der Waals surface area (Å²) in [5.74, 6) is -1.47. The van der Waals surface area contributed by atoms with Gasteiger partial charge in [-0.2, -0.15) is 0 Å². The molecule has 0 radical (unpaired) electrons. The van der Waals surface area contributed by atoms with Gasteiger partial charge in [0.25, 0.3) is 0 Å². The lowest BCUT2D eigenvalue weighted by Gasteiger charge is -2.34. The van der Waals surface area contributed by atoms with Crippen molar-refractivity contribution in [2.24, 2.45) is 5.92 Å². The van der Waals surface area contributed by atoms with Crippen molar-refractivity contribution in [1.82, 2.24) is 9.88 Å². The minimum Gasteiger partial charge on any atom is -0.497 e. The number of nitrogens with zero attached hydrogens (tertiary/aromatic N) is 1. The monoisotopic (exact) mass is 332 g/mol. The second-order valence-electron chi connectivity index (χ2n) is 6.04. The first-order valence-corrected chi connectivity index (χ1v) is 7.86. The van der Waals surface area contributed by atoms with Crippen molar-refractivity contribution in [2.75, 3.05) is 20.2 Å². The summed E-state index contributed by atoms with van der Waals surface area (Å²) in [6.45, 7) is 0.898. The number of rotatable bonds is 5. The summed E-state index contributed by atoms with van der Waals surface area (Å²) >= 11 is 0. The molecule has 1 saturated heterocycles. The summed E-state index contributed by atoms with van der Waals surface area (Å²) in [6, 6.07) is 4.69. The quantitative estimate of drug-likeness (QED) is 0.775. The van der Waals surface area contributed by atoms with Crippen LogP contribution in [0.15, 0.2) is 24.4 Å². The average Bonchev–Trinajstić information content (AvgIpc) is 2.98. The molecule has 0 amide bonds. The van der Waals surface area contributed by atoms with E-state index in [1.807, 2.05) is 23.1 Å². The van der Waals surface area contributed by atoms with Gasteiger partial charge in [0, 0.05) is 35.8 Å². The lowest BCUT2D eigenvalue weighted by Crippen LogP contribution is -2.41. The van der Waals surface area contributed by atoms with E-state index in [4.69, 9.17) is 9.84 Å². The van der Waals surface area contributed by atoms with E-state index in [-0.39, 0.29) is 0 Å². The Morgan fingerprint density at radius 2 is 2.00 bits per heavy atom. The van der Waals surface area contributed by atoms with Crippen molar-refractivity contribution in [3.8, 4) is 5.75 Å². The molecule has 1 fully saturated rings. The van der Waals surface area contributed by atoms with Gasteiger partial charge in [-0.25, -0.2) is 0 Å². The van der Waals surface area contributed by atoms with E-state index in [2.05, 4.69) is 4.98 Å². The number of ether oxygens (including phenoxy) is 1. The molecule has 128 valence electrons. The molecule has 2 heterocycles. The second-order valence-corrected chi connectivity index (χ2v) is 6.04. The van der Waals surface area contributed by atoms with Crippen molar-refractivity contribution in [3.63, 3.8) is 0 Å². The van der Waals surface area contributed by atoms with Crippen molar-refractivity contribution in [1.29, 1.82) is 0 Å². The predicted octanol–water partition coefficient (Wildman–Crippen LogP) is 2.10. The highest BCUT2D eigenvalue weighted by Gasteiger charge is 2.34. The maximum atomic E-state index is 11.9. The second kappa shape index (κ2) is 6.52. The first-order valence-electron chi connectivity index (χ1n) is 7.86. The SMILES string of the molecule is COc1ccc2[nH]cc([C@H](C(=O)O)N3CCC(C(=O)O)CC3)c2c1. The lowest BCUT2D eigenvalue weighted by atomic mass is 9.94. The van der Waals surface area contributed by atoms with E-state index in [0.29, 0.717) is 37.2 Å². The number of piperidine rings is 1. The van der Waals surface area contributed by atoms with Crippen LogP contribution in [0.1, 0.15) is 24.4 Å². The highest BCUT2D eigenvalue weighted by molar-refractivity contribution is 5.90. The molecule has 7 heteroatoms. The predicted molar refractivity (Wildman–Crippen MR) is 87.2 cm³/mol. The number of methoxy groups -OCH3 is 1. The minimum absolute atomic E-state index is 0.390. The summed E-state index contributed by atoms with van der Waals surface area (Å²) in [5.41, 5.74) is 1.52. The Morgan fingerprint density at radius 1 is 1.29 bits per heavy atom. The van der Waals surface area contributed by atoms with Crippen LogP contribution in [0.5, 0.6) is 5.75 Å². The van der Waals surface area contributed by atoms with Gasteiger partial charge in [-0.3, -0.25) is 14.5 Å². The molecule has 2 aromatic rings. The standard InChI is InChI=1S/C17H20N2O5/c1-24-11-2-3-14-12(8-11)13(9-18-14)15(17(22)23)19-6-4-10(5-7-19)16(20)21/h2-3,8-10,15,18H,4-7H2,1H3,(H,20,21)(H,22,23)/t15-/m1/s1. The van der Waals surface area contributed by atoms with Crippen molar-refractivity contribution >= 4 is 22.8 Å². The Kier molecular flexibility index (Phi) is 4.44. The molecule has 0 saturated carbocycles. The molecule has 0 unspecified atom stereocenters. The van der Waals surface area contributed by atoms with Gasteiger partial charge in [-0.15, -0.1) is 0 Å². The van der Waals surface area contributed by atoms with Crippen LogP contribution in [0.25, 0.3) is 10.9 Å². The number of carboxylic acid groups (broad SMARTS) is 2. The van der Waals surface area contributed by atoms with E-state index in [1.165, 1.54) is 0 Å². The maximum Gasteiger partial charge on any atom is 0.325 e. The number of benzene rings is 1. The Bertz CT molecular complexity index is 761. The number of hydrogen-bond acceptors (Lipinski definition) is 4. The molecule has 0 bridgehead atoms. The summed E-state index contributed by atoms with van der Waals surface area (Å²) < 4.78 is 5.23. The van der Waals surface area contributed by atoms with Crippen LogP contribution in [-0.2, 0) is 9.59 Å². The average molecular weight is 332 g/mol. The smallest absolute Gasteiger partial charge is 0.325 e. The molecule has 7 nitrogen and oxygen atoms in total. The molecule has 1 aliphatic rings. The van der Waals surface area contributed by atoms with E-state index >= 15 is 0 Å². The topological polar surface area (TPSA) is 103 Å². The van der Waals surface area contributed by atoms with Gasteiger partial charge in [-0.1, -0.05) is 0 Å². The van der Waals surface area contributed by atoms with E-state index in [0.717, 1.165) is 10.9 Å². The molecule has 1 atom stereocenters. The number of fused-ring (bicyclic) bond motifs is 1. The fourth-order valence-electron chi connectivity index (χ4n) is 3.37. The zero-order chi connectivity index (χ0) is 17.3. The third-order valence-corrected chi connectivity index (χ3v) is 4.69. The van der Waals surface area contributed by atoms with Crippen LogP contribution in [0, 0.1) is 5.92 Å². The molecule has 24 heavy (non-hydrogen) atoms. The summed E-state index contributed by atoms with van der Waals surface area (Å²) in [5, 5.41) is 19.7. The van der Waals surface area contributed by atoms with E-state index in [1.54, 1.807) is 13.3 Å².